The van der Waals surface area contributed by atoms with Crippen molar-refractivity contribution in [2.75, 3.05) is 24.1 Å². The number of fused-ring (bicyclic) bond motifs is 2. The van der Waals surface area contributed by atoms with Crippen LogP contribution in [0.15, 0.2) is 76.6 Å². The molecule has 0 unspecified atom stereocenters. The number of para-hydroxylation sites is 2. The molecule has 0 saturated carbocycles. The van der Waals surface area contributed by atoms with Crippen molar-refractivity contribution in [3.8, 4) is 0 Å². The second kappa shape index (κ2) is 10.8. The van der Waals surface area contributed by atoms with Gasteiger partial charge in [-0.1, -0.05) is 47.2 Å². The number of carbonyl (C=O) groups is 1. The molecule has 7 nitrogen and oxygen atoms in total. The summed E-state index contributed by atoms with van der Waals surface area (Å²) in [5.41, 5.74) is 2.84. The number of rotatable bonds is 7. The standard InChI is InChI=1S/C27H26ClN3O4S2/c1-2-35-18-17-30-25-22(28)9-5-11-24(25)36-27(30)29-26(32)20-12-14-21(15-13-20)37(33,34)31-16-6-8-19-7-3-4-10-23(19)31/h3-5,7,9-15H,2,6,8,16-18H2,1H3. The van der Waals surface area contributed by atoms with Crippen molar-refractivity contribution < 1.29 is 17.9 Å². The Labute approximate surface area is 224 Å². The van der Waals surface area contributed by atoms with E-state index in [0.717, 1.165) is 28.6 Å². The SMILES string of the molecule is CCOCCn1c(=NC(=O)c2ccc(S(=O)(=O)N3CCCc4ccccc43)cc2)sc2cccc(Cl)c21. The molecule has 37 heavy (non-hydrogen) atoms. The Kier molecular flexibility index (Phi) is 7.48. The van der Waals surface area contributed by atoms with Gasteiger partial charge in [-0.2, -0.15) is 4.99 Å². The van der Waals surface area contributed by atoms with E-state index in [2.05, 4.69) is 4.99 Å². The molecule has 10 heteroatoms. The fraction of sp³-hybridized carbons (Fsp3) is 0.259. The number of anilines is 1. The molecular formula is C27H26ClN3O4S2. The smallest absolute Gasteiger partial charge is 0.279 e. The molecule has 0 bridgehead atoms. The second-order valence-corrected chi connectivity index (χ2v) is 11.8. The number of sulfonamides is 1. The lowest BCUT2D eigenvalue weighted by Crippen LogP contribution is -2.35. The maximum absolute atomic E-state index is 13.4. The molecule has 1 amide bonds. The zero-order valence-electron chi connectivity index (χ0n) is 20.3. The number of thiazole rings is 1. The molecule has 4 aromatic rings. The highest BCUT2D eigenvalue weighted by Gasteiger charge is 2.29. The zero-order chi connectivity index (χ0) is 26.0. The third-order valence-electron chi connectivity index (χ3n) is 6.27. The quantitative estimate of drug-likeness (QED) is 0.291. The molecule has 192 valence electrons. The van der Waals surface area contributed by atoms with Gasteiger partial charge in [0.15, 0.2) is 4.80 Å². The Hall–Kier alpha value is -2.98. The second-order valence-electron chi connectivity index (χ2n) is 8.57. The van der Waals surface area contributed by atoms with Crippen molar-refractivity contribution in [2.24, 2.45) is 4.99 Å². The molecule has 0 saturated heterocycles. The van der Waals surface area contributed by atoms with Crippen LogP contribution in [0.2, 0.25) is 5.02 Å². The average molecular weight is 556 g/mol. The fourth-order valence-corrected chi connectivity index (χ4v) is 7.43. The number of nitrogens with zero attached hydrogens (tertiary/aromatic N) is 3. The third-order valence-corrected chi connectivity index (χ3v) is 9.45. The van der Waals surface area contributed by atoms with E-state index in [4.69, 9.17) is 16.3 Å². The number of aryl methyl sites for hydroxylation is 1. The topological polar surface area (TPSA) is 81.0 Å². The van der Waals surface area contributed by atoms with Crippen LogP contribution in [0.1, 0.15) is 29.3 Å². The Balaban J connectivity index is 1.45. The molecular weight excluding hydrogens is 530 g/mol. The van der Waals surface area contributed by atoms with Crippen LogP contribution in [0.4, 0.5) is 5.69 Å². The number of amides is 1. The lowest BCUT2D eigenvalue weighted by molar-refractivity contribution is 0.0996. The normalized spacial score (nSPS) is 14.2. The van der Waals surface area contributed by atoms with Gasteiger partial charge >= 0.3 is 0 Å². The summed E-state index contributed by atoms with van der Waals surface area (Å²) in [5.74, 6) is -0.458. The van der Waals surface area contributed by atoms with Gasteiger partial charge in [-0.15, -0.1) is 0 Å². The summed E-state index contributed by atoms with van der Waals surface area (Å²) >= 11 is 7.83. The number of carbonyl (C=O) groups excluding carboxylic acids is 1. The number of hydrogen-bond acceptors (Lipinski definition) is 5. The molecule has 0 aliphatic carbocycles. The Morgan fingerprint density at radius 1 is 1.08 bits per heavy atom. The first kappa shape index (κ1) is 25.7. The van der Waals surface area contributed by atoms with Crippen molar-refractivity contribution in [1.29, 1.82) is 0 Å². The van der Waals surface area contributed by atoms with Gasteiger partial charge < -0.3 is 9.30 Å². The highest BCUT2D eigenvalue weighted by Crippen LogP contribution is 2.32. The number of halogens is 1. The van der Waals surface area contributed by atoms with Crippen LogP contribution in [0.5, 0.6) is 0 Å². The molecule has 3 aromatic carbocycles. The van der Waals surface area contributed by atoms with Gasteiger partial charge in [0, 0.05) is 25.3 Å². The van der Waals surface area contributed by atoms with Gasteiger partial charge in [0.1, 0.15) is 0 Å². The summed E-state index contributed by atoms with van der Waals surface area (Å²) in [6, 6.07) is 19.1. The van der Waals surface area contributed by atoms with Gasteiger partial charge in [-0.05, 0) is 67.8 Å². The maximum atomic E-state index is 13.4. The first-order valence-electron chi connectivity index (χ1n) is 12.1. The highest BCUT2D eigenvalue weighted by atomic mass is 35.5. The maximum Gasteiger partial charge on any atom is 0.279 e. The number of benzene rings is 3. The summed E-state index contributed by atoms with van der Waals surface area (Å²) in [7, 11) is -3.76. The molecule has 0 N–H and O–H groups in total. The molecule has 0 spiro atoms. The summed E-state index contributed by atoms with van der Waals surface area (Å²) in [6.45, 7) is 3.89. The van der Waals surface area contributed by atoms with E-state index in [-0.39, 0.29) is 4.90 Å². The van der Waals surface area contributed by atoms with Gasteiger partial charge in [0.2, 0.25) is 0 Å². The molecule has 0 atom stereocenters. The van der Waals surface area contributed by atoms with Crippen molar-refractivity contribution in [2.45, 2.75) is 31.2 Å². The monoisotopic (exact) mass is 555 g/mol. The van der Waals surface area contributed by atoms with E-state index in [1.54, 1.807) is 6.07 Å². The minimum Gasteiger partial charge on any atom is -0.380 e. The molecule has 0 fully saturated rings. The summed E-state index contributed by atoms with van der Waals surface area (Å²) in [5, 5.41) is 0.577. The molecule has 1 aromatic heterocycles. The Bertz CT molecular complexity index is 1630. The van der Waals surface area contributed by atoms with Crippen LogP contribution < -0.4 is 9.11 Å². The minimum atomic E-state index is -3.76. The van der Waals surface area contributed by atoms with Crippen LogP contribution in [-0.4, -0.2) is 38.7 Å². The van der Waals surface area contributed by atoms with Crippen molar-refractivity contribution in [3.05, 3.63) is 87.7 Å². The third kappa shape index (κ3) is 5.09. The van der Waals surface area contributed by atoms with Crippen molar-refractivity contribution in [1.82, 2.24) is 4.57 Å². The molecule has 5 rings (SSSR count). The molecule has 1 aliphatic rings. The lowest BCUT2D eigenvalue weighted by atomic mass is 10.0. The average Bonchev–Trinajstić information content (AvgIpc) is 3.26. The largest absolute Gasteiger partial charge is 0.380 e. The van der Waals surface area contributed by atoms with Crippen LogP contribution in [-0.2, 0) is 27.7 Å². The van der Waals surface area contributed by atoms with E-state index < -0.39 is 15.9 Å². The van der Waals surface area contributed by atoms with E-state index in [1.807, 2.05) is 47.9 Å². The molecule has 0 radical (unpaired) electrons. The Morgan fingerprint density at radius 2 is 1.86 bits per heavy atom. The van der Waals surface area contributed by atoms with Crippen LogP contribution >= 0.6 is 22.9 Å². The predicted octanol–water partition coefficient (Wildman–Crippen LogP) is 5.28. The lowest BCUT2D eigenvalue weighted by Gasteiger charge is -2.30. The van der Waals surface area contributed by atoms with E-state index in [1.165, 1.54) is 39.9 Å². The minimum absolute atomic E-state index is 0.140. The highest BCUT2D eigenvalue weighted by molar-refractivity contribution is 7.92. The zero-order valence-corrected chi connectivity index (χ0v) is 22.7. The summed E-state index contributed by atoms with van der Waals surface area (Å²) < 4.78 is 36.6. The van der Waals surface area contributed by atoms with E-state index in [9.17, 15) is 13.2 Å². The number of aromatic nitrogens is 1. The van der Waals surface area contributed by atoms with Gasteiger partial charge in [0.25, 0.3) is 15.9 Å². The summed E-state index contributed by atoms with van der Waals surface area (Å²) in [4.78, 5) is 18.1. The van der Waals surface area contributed by atoms with Gasteiger partial charge in [0.05, 0.1) is 32.4 Å². The molecule has 1 aliphatic heterocycles. The first-order chi connectivity index (χ1) is 17.9. The Morgan fingerprint density at radius 3 is 2.65 bits per heavy atom. The molecule has 2 heterocycles. The van der Waals surface area contributed by atoms with Gasteiger partial charge in [-0.3, -0.25) is 9.10 Å². The predicted molar refractivity (Wildman–Crippen MR) is 147 cm³/mol. The van der Waals surface area contributed by atoms with Crippen LogP contribution in [0.25, 0.3) is 10.2 Å². The number of ether oxygens (including phenoxy) is 1. The van der Waals surface area contributed by atoms with Crippen molar-refractivity contribution >= 4 is 54.8 Å². The first-order valence-corrected chi connectivity index (χ1v) is 14.7. The van der Waals surface area contributed by atoms with E-state index in [0.29, 0.717) is 47.4 Å². The van der Waals surface area contributed by atoms with E-state index >= 15 is 0 Å². The van der Waals surface area contributed by atoms with Gasteiger partial charge in [-0.25, -0.2) is 8.42 Å². The van der Waals surface area contributed by atoms with Crippen LogP contribution in [0, 0.1) is 0 Å². The number of hydrogen-bond donors (Lipinski definition) is 0. The van der Waals surface area contributed by atoms with Crippen LogP contribution in [0.3, 0.4) is 0 Å². The van der Waals surface area contributed by atoms with Crippen molar-refractivity contribution in [3.63, 3.8) is 0 Å². The fourth-order valence-electron chi connectivity index (χ4n) is 4.48. The summed E-state index contributed by atoms with van der Waals surface area (Å²) in [6.07, 6.45) is 1.61.